The number of piperidine rings is 1. The van der Waals surface area contributed by atoms with E-state index in [1.54, 1.807) is 25.4 Å². The van der Waals surface area contributed by atoms with E-state index in [0.717, 1.165) is 43.8 Å². The number of halogens is 1. The van der Waals surface area contributed by atoms with Crippen LogP contribution < -0.4 is 19.5 Å². The molecule has 0 saturated carbocycles. The molecule has 166 valence electrons. The van der Waals surface area contributed by atoms with Crippen molar-refractivity contribution in [1.82, 2.24) is 15.2 Å². The van der Waals surface area contributed by atoms with E-state index in [0.29, 0.717) is 35.7 Å². The summed E-state index contributed by atoms with van der Waals surface area (Å²) in [6, 6.07) is 9.14. The van der Waals surface area contributed by atoms with Crippen molar-refractivity contribution in [2.24, 2.45) is 5.92 Å². The molecule has 2 aliphatic heterocycles. The number of fused-ring (bicyclic) bond motifs is 1. The summed E-state index contributed by atoms with van der Waals surface area (Å²) >= 11 is 6.06. The van der Waals surface area contributed by atoms with Gasteiger partial charge in [0, 0.05) is 35.9 Å². The number of carbonyl (C=O) groups is 1. The Kier molecular flexibility index (Phi) is 7.14. The first kappa shape index (κ1) is 21.7. The lowest BCUT2D eigenvalue weighted by Gasteiger charge is -2.35. The van der Waals surface area contributed by atoms with Crippen LogP contribution in [0.4, 0.5) is 0 Å². The zero-order valence-corrected chi connectivity index (χ0v) is 18.4. The Morgan fingerprint density at radius 1 is 1.29 bits per heavy atom. The summed E-state index contributed by atoms with van der Waals surface area (Å²) in [6.45, 7) is 4.04. The lowest BCUT2D eigenvalue weighted by molar-refractivity contribution is -0.120. The molecule has 0 bridgehead atoms. The number of hydrogen-bond acceptors (Lipinski definition) is 6. The minimum atomic E-state index is -0.00307. The molecule has 0 unspecified atom stereocenters. The topological polar surface area (TPSA) is 72.9 Å². The Morgan fingerprint density at radius 2 is 2.13 bits per heavy atom. The van der Waals surface area contributed by atoms with Crippen molar-refractivity contribution in [3.8, 4) is 17.4 Å². The first-order valence-electron chi connectivity index (χ1n) is 10.7. The summed E-state index contributed by atoms with van der Waals surface area (Å²) in [5.41, 5.74) is 0.801. The van der Waals surface area contributed by atoms with Gasteiger partial charge in [-0.25, -0.2) is 4.98 Å². The van der Waals surface area contributed by atoms with Gasteiger partial charge >= 0.3 is 0 Å². The van der Waals surface area contributed by atoms with E-state index in [9.17, 15) is 4.79 Å². The number of aromatic nitrogens is 1. The van der Waals surface area contributed by atoms with Gasteiger partial charge in [-0.3, -0.25) is 9.69 Å². The molecule has 0 aliphatic carbocycles. The number of methoxy groups -OCH3 is 1. The summed E-state index contributed by atoms with van der Waals surface area (Å²) in [4.78, 5) is 18.9. The molecule has 1 atom stereocenters. The minimum absolute atomic E-state index is 0.00110. The van der Waals surface area contributed by atoms with Gasteiger partial charge < -0.3 is 19.5 Å². The average Bonchev–Trinajstić information content (AvgIpc) is 2.79. The lowest BCUT2D eigenvalue weighted by atomic mass is 9.96. The molecule has 1 aromatic carbocycles. The quantitative estimate of drug-likeness (QED) is 0.706. The van der Waals surface area contributed by atoms with Crippen LogP contribution in [-0.2, 0) is 11.2 Å². The summed E-state index contributed by atoms with van der Waals surface area (Å²) in [5, 5.41) is 3.71. The van der Waals surface area contributed by atoms with E-state index in [-0.39, 0.29) is 18.4 Å². The first-order valence-corrected chi connectivity index (χ1v) is 11.0. The fourth-order valence-electron chi connectivity index (χ4n) is 4.08. The van der Waals surface area contributed by atoms with Crippen LogP contribution in [-0.4, -0.2) is 61.8 Å². The molecule has 1 fully saturated rings. The number of amides is 1. The molecular formula is C23H28ClN3O4. The van der Waals surface area contributed by atoms with E-state index in [1.165, 1.54) is 0 Å². The number of rotatable bonds is 7. The van der Waals surface area contributed by atoms with Crippen LogP contribution in [0, 0.1) is 5.92 Å². The fraction of sp³-hybridized carbons (Fsp3) is 0.478. The second-order valence-electron chi connectivity index (χ2n) is 8.04. The number of benzene rings is 1. The van der Waals surface area contributed by atoms with E-state index in [1.807, 2.05) is 18.2 Å². The van der Waals surface area contributed by atoms with Gasteiger partial charge in [0.1, 0.15) is 12.7 Å². The summed E-state index contributed by atoms with van der Waals surface area (Å²) in [7, 11) is 1.57. The molecule has 1 amide bonds. The van der Waals surface area contributed by atoms with Gasteiger partial charge in [-0.05, 0) is 50.0 Å². The van der Waals surface area contributed by atoms with Gasteiger partial charge in [-0.2, -0.15) is 0 Å². The maximum Gasteiger partial charge on any atom is 0.224 e. The standard InChI is InChI=1S/C23H28ClN3O4/c1-29-23-17(3-2-8-25-23)11-22(28)26-13-16-6-9-27(10-7-16)14-19-15-30-20-5-4-18(24)12-21(20)31-19/h2-5,8,12,16,19H,6-7,9-11,13-15H2,1H3,(H,26,28)/t19-/m0/s1. The molecule has 1 N–H and O–H groups in total. The maximum atomic E-state index is 12.3. The number of nitrogens with zero attached hydrogens (tertiary/aromatic N) is 2. The van der Waals surface area contributed by atoms with Crippen LogP contribution >= 0.6 is 11.6 Å². The third-order valence-electron chi connectivity index (χ3n) is 5.78. The van der Waals surface area contributed by atoms with Gasteiger partial charge in [-0.15, -0.1) is 0 Å². The maximum absolute atomic E-state index is 12.3. The third-order valence-corrected chi connectivity index (χ3v) is 6.01. The van der Waals surface area contributed by atoms with Crippen LogP contribution in [0.1, 0.15) is 18.4 Å². The summed E-state index contributed by atoms with van der Waals surface area (Å²) < 4.78 is 17.1. The van der Waals surface area contributed by atoms with Crippen molar-refractivity contribution in [1.29, 1.82) is 0 Å². The third kappa shape index (κ3) is 5.80. The van der Waals surface area contributed by atoms with E-state index >= 15 is 0 Å². The normalized spacial score (nSPS) is 19.1. The van der Waals surface area contributed by atoms with Crippen molar-refractivity contribution in [3.63, 3.8) is 0 Å². The van der Waals surface area contributed by atoms with Gasteiger partial charge in [0.05, 0.1) is 13.5 Å². The zero-order chi connectivity index (χ0) is 21.6. The molecule has 0 spiro atoms. The molecule has 2 aromatic rings. The predicted molar refractivity (Wildman–Crippen MR) is 118 cm³/mol. The van der Waals surface area contributed by atoms with Gasteiger partial charge in [0.2, 0.25) is 11.8 Å². The molecule has 3 heterocycles. The Morgan fingerprint density at radius 3 is 2.94 bits per heavy atom. The monoisotopic (exact) mass is 445 g/mol. The zero-order valence-electron chi connectivity index (χ0n) is 17.7. The largest absolute Gasteiger partial charge is 0.486 e. The molecule has 0 radical (unpaired) electrons. The average molecular weight is 446 g/mol. The van der Waals surface area contributed by atoms with E-state index in [2.05, 4.69) is 15.2 Å². The number of nitrogens with one attached hydrogen (secondary N) is 1. The smallest absolute Gasteiger partial charge is 0.224 e. The van der Waals surface area contributed by atoms with Crippen molar-refractivity contribution < 1.29 is 19.0 Å². The van der Waals surface area contributed by atoms with Crippen molar-refractivity contribution in [2.45, 2.75) is 25.4 Å². The molecule has 1 aromatic heterocycles. The SMILES string of the molecule is COc1ncccc1CC(=O)NCC1CCN(C[C@H]2COc3ccc(Cl)cc3O2)CC1. The van der Waals surface area contributed by atoms with Crippen molar-refractivity contribution in [3.05, 3.63) is 47.1 Å². The second-order valence-corrected chi connectivity index (χ2v) is 8.47. The van der Waals surface area contributed by atoms with Crippen molar-refractivity contribution in [2.75, 3.05) is 39.9 Å². The van der Waals surface area contributed by atoms with Gasteiger partial charge in [0.25, 0.3) is 0 Å². The highest BCUT2D eigenvalue weighted by atomic mass is 35.5. The van der Waals surface area contributed by atoms with E-state index in [4.69, 9.17) is 25.8 Å². The minimum Gasteiger partial charge on any atom is -0.486 e. The predicted octanol–water partition coefficient (Wildman–Crippen LogP) is 2.95. The number of likely N-dealkylation sites (tertiary alicyclic amines) is 1. The summed E-state index contributed by atoms with van der Waals surface area (Å²) in [6.07, 6.45) is 4.03. The highest BCUT2D eigenvalue weighted by Gasteiger charge is 2.26. The van der Waals surface area contributed by atoms with Crippen LogP contribution in [0.3, 0.4) is 0 Å². The number of hydrogen-bond donors (Lipinski definition) is 1. The molecule has 7 nitrogen and oxygen atoms in total. The second kappa shape index (κ2) is 10.2. The lowest BCUT2D eigenvalue weighted by Crippen LogP contribution is -2.45. The molecule has 1 saturated heterocycles. The highest BCUT2D eigenvalue weighted by Crippen LogP contribution is 2.34. The van der Waals surface area contributed by atoms with Crippen LogP contribution in [0.2, 0.25) is 5.02 Å². The van der Waals surface area contributed by atoms with Crippen molar-refractivity contribution >= 4 is 17.5 Å². The number of ether oxygens (including phenoxy) is 3. The molecule has 2 aliphatic rings. The van der Waals surface area contributed by atoms with Gasteiger partial charge in [0.15, 0.2) is 11.5 Å². The Hall–Kier alpha value is -2.51. The fourth-order valence-corrected chi connectivity index (χ4v) is 4.24. The first-order chi connectivity index (χ1) is 15.1. The number of pyridine rings is 1. The highest BCUT2D eigenvalue weighted by molar-refractivity contribution is 6.30. The van der Waals surface area contributed by atoms with Crippen LogP contribution in [0.15, 0.2) is 36.5 Å². The summed E-state index contributed by atoms with van der Waals surface area (Å²) in [5.74, 6) is 2.45. The van der Waals surface area contributed by atoms with E-state index < -0.39 is 0 Å². The van der Waals surface area contributed by atoms with Crippen LogP contribution in [0.25, 0.3) is 0 Å². The van der Waals surface area contributed by atoms with Gasteiger partial charge in [-0.1, -0.05) is 17.7 Å². The Bertz CT molecular complexity index is 902. The number of carbonyl (C=O) groups excluding carboxylic acids is 1. The molecule has 4 rings (SSSR count). The molecule has 31 heavy (non-hydrogen) atoms. The van der Waals surface area contributed by atoms with Crippen LogP contribution in [0.5, 0.6) is 17.4 Å². The molecule has 8 heteroatoms. The Labute approximate surface area is 187 Å². The molecular weight excluding hydrogens is 418 g/mol. The Balaban J connectivity index is 1.18.